The molecule has 74 valence electrons. The van der Waals surface area contributed by atoms with E-state index in [9.17, 15) is 0 Å². The van der Waals surface area contributed by atoms with E-state index in [4.69, 9.17) is 5.73 Å². The van der Waals surface area contributed by atoms with Gasteiger partial charge in [0.05, 0.1) is 10.2 Å². The van der Waals surface area contributed by atoms with E-state index in [1.807, 2.05) is 17.9 Å². The van der Waals surface area contributed by atoms with Gasteiger partial charge in [0.15, 0.2) is 0 Å². The molecule has 2 N–H and O–H groups in total. The Morgan fingerprint density at radius 2 is 2.23 bits per heavy atom. The first-order valence-corrected chi connectivity index (χ1v) is 5.24. The van der Waals surface area contributed by atoms with Crippen molar-refractivity contribution in [2.45, 2.75) is 19.8 Å². The first-order chi connectivity index (χ1) is 6.06. The van der Waals surface area contributed by atoms with Crippen molar-refractivity contribution in [1.82, 2.24) is 9.78 Å². The van der Waals surface area contributed by atoms with E-state index < -0.39 is 0 Å². The van der Waals surface area contributed by atoms with Gasteiger partial charge in [-0.1, -0.05) is 13.8 Å². The lowest BCUT2D eigenvalue weighted by Gasteiger charge is -2.16. The van der Waals surface area contributed by atoms with E-state index in [1.54, 1.807) is 0 Å². The molecule has 0 spiro atoms. The van der Waals surface area contributed by atoms with Crippen LogP contribution in [0.1, 0.15) is 25.5 Å². The number of nitrogens with zero attached hydrogens (tertiary/aromatic N) is 2. The molecule has 3 nitrogen and oxygen atoms in total. The topological polar surface area (TPSA) is 43.8 Å². The Kier molecular flexibility index (Phi) is 3.50. The fraction of sp³-hybridized carbons (Fsp3) is 0.667. The summed E-state index contributed by atoms with van der Waals surface area (Å²) >= 11 is 3.49. The third-order valence-corrected chi connectivity index (χ3v) is 2.83. The number of nitrogens with two attached hydrogens (primary N) is 1. The summed E-state index contributed by atoms with van der Waals surface area (Å²) in [6, 6.07) is 0. The highest BCUT2D eigenvalue weighted by Gasteiger charge is 2.19. The lowest BCUT2D eigenvalue weighted by Crippen LogP contribution is -2.18. The molecule has 0 aliphatic heterocycles. The summed E-state index contributed by atoms with van der Waals surface area (Å²) in [5.74, 6) is 0.867. The largest absolute Gasteiger partial charge is 0.330 e. The Morgan fingerprint density at radius 1 is 1.62 bits per heavy atom. The average molecular weight is 246 g/mol. The summed E-state index contributed by atoms with van der Waals surface area (Å²) in [5, 5.41) is 4.39. The molecule has 0 saturated heterocycles. The van der Waals surface area contributed by atoms with Crippen LogP contribution in [0.5, 0.6) is 0 Å². The lowest BCUT2D eigenvalue weighted by atomic mass is 9.93. The molecule has 1 unspecified atom stereocenters. The fourth-order valence-corrected chi connectivity index (χ4v) is 2.10. The Hall–Kier alpha value is -0.350. The van der Waals surface area contributed by atoms with Crippen LogP contribution >= 0.6 is 15.9 Å². The second-order valence-corrected chi connectivity index (χ2v) is 4.48. The minimum absolute atomic E-state index is 0.343. The maximum atomic E-state index is 5.71. The number of hydrogen-bond acceptors (Lipinski definition) is 2. The number of rotatable bonds is 3. The number of aromatic nitrogens is 2. The van der Waals surface area contributed by atoms with Crippen LogP contribution in [-0.2, 0) is 7.05 Å². The van der Waals surface area contributed by atoms with Crippen molar-refractivity contribution < 1.29 is 0 Å². The van der Waals surface area contributed by atoms with Crippen molar-refractivity contribution in [1.29, 1.82) is 0 Å². The van der Waals surface area contributed by atoms with Gasteiger partial charge in [0, 0.05) is 25.7 Å². The van der Waals surface area contributed by atoms with Gasteiger partial charge in [0.2, 0.25) is 0 Å². The van der Waals surface area contributed by atoms with Crippen molar-refractivity contribution in [2.75, 3.05) is 6.54 Å². The highest BCUT2D eigenvalue weighted by atomic mass is 79.9. The zero-order valence-electron chi connectivity index (χ0n) is 8.29. The van der Waals surface area contributed by atoms with Crippen molar-refractivity contribution in [3.8, 4) is 0 Å². The predicted molar refractivity (Wildman–Crippen MR) is 57.5 cm³/mol. The third-order valence-electron chi connectivity index (χ3n) is 2.22. The molecular formula is C9H16BrN3. The monoisotopic (exact) mass is 245 g/mol. The van der Waals surface area contributed by atoms with E-state index in [-0.39, 0.29) is 0 Å². The molecule has 4 heteroatoms. The lowest BCUT2D eigenvalue weighted by molar-refractivity contribution is 0.488. The van der Waals surface area contributed by atoms with Gasteiger partial charge in [-0.25, -0.2) is 0 Å². The molecule has 1 aromatic rings. The minimum atomic E-state index is 0.343. The van der Waals surface area contributed by atoms with E-state index in [0.717, 1.165) is 10.2 Å². The van der Waals surface area contributed by atoms with Gasteiger partial charge < -0.3 is 5.73 Å². The maximum Gasteiger partial charge on any atom is 0.0812 e. The Balaban J connectivity index is 2.97. The van der Waals surface area contributed by atoms with Gasteiger partial charge in [-0.3, -0.25) is 4.68 Å². The summed E-state index contributed by atoms with van der Waals surface area (Å²) in [5.41, 5.74) is 6.78. The van der Waals surface area contributed by atoms with Gasteiger partial charge in [-0.15, -0.1) is 0 Å². The molecule has 0 aromatic carbocycles. The Labute approximate surface area is 87.4 Å². The fourth-order valence-electron chi connectivity index (χ4n) is 1.43. The molecule has 1 aromatic heterocycles. The molecule has 0 aliphatic rings. The highest BCUT2D eigenvalue weighted by Crippen LogP contribution is 2.27. The van der Waals surface area contributed by atoms with Gasteiger partial charge >= 0.3 is 0 Å². The molecule has 1 rings (SSSR count). The maximum absolute atomic E-state index is 5.71. The van der Waals surface area contributed by atoms with Gasteiger partial charge in [0.25, 0.3) is 0 Å². The van der Waals surface area contributed by atoms with Crippen molar-refractivity contribution in [3.05, 3.63) is 16.4 Å². The number of aryl methyl sites for hydroxylation is 1. The minimum Gasteiger partial charge on any atom is -0.330 e. The SMILES string of the molecule is CC(C)C(CN)c1nn(C)cc1Br. The van der Waals surface area contributed by atoms with Crippen LogP contribution in [-0.4, -0.2) is 16.3 Å². The van der Waals surface area contributed by atoms with Crippen LogP contribution in [0, 0.1) is 5.92 Å². The predicted octanol–water partition coefficient (Wildman–Crippen LogP) is 1.88. The molecule has 0 amide bonds. The van der Waals surface area contributed by atoms with E-state index in [0.29, 0.717) is 18.4 Å². The van der Waals surface area contributed by atoms with Crippen LogP contribution in [0.3, 0.4) is 0 Å². The zero-order chi connectivity index (χ0) is 10.0. The van der Waals surface area contributed by atoms with Crippen molar-refractivity contribution in [3.63, 3.8) is 0 Å². The molecule has 1 atom stereocenters. The smallest absolute Gasteiger partial charge is 0.0812 e. The van der Waals surface area contributed by atoms with E-state index in [2.05, 4.69) is 34.9 Å². The van der Waals surface area contributed by atoms with Crippen molar-refractivity contribution >= 4 is 15.9 Å². The second kappa shape index (κ2) is 4.24. The first-order valence-electron chi connectivity index (χ1n) is 4.45. The average Bonchev–Trinajstić information content (AvgIpc) is 2.31. The number of halogens is 1. The van der Waals surface area contributed by atoms with Crippen LogP contribution in [0.4, 0.5) is 0 Å². The van der Waals surface area contributed by atoms with Crippen LogP contribution in [0.15, 0.2) is 10.7 Å². The Morgan fingerprint density at radius 3 is 2.54 bits per heavy atom. The summed E-state index contributed by atoms with van der Waals surface area (Å²) in [6.07, 6.45) is 1.96. The molecular weight excluding hydrogens is 230 g/mol. The van der Waals surface area contributed by atoms with Crippen molar-refractivity contribution in [2.24, 2.45) is 18.7 Å². The molecule has 0 bridgehead atoms. The molecule has 0 fully saturated rings. The summed E-state index contributed by atoms with van der Waals surface area (Å²) in [6.45, 7) is 4.98. The summed E-state index contributed by atoms with van der Waals surface area (Å²) in [4.78, 5) is 0. The zero-order valence-corrected chi connectivity index (χ0v) is 9.87. The van der Waals surface area contributed by atoms with Crippen LogP contribution in [0.25, 0.3) is 0 Å². The Bertz CT molecular complexity index is 280. The molecule has 0 saturated carbocycles. The van der Waals surface area contributed by atoms with Crippen LogP contribution < -0.4 is 5.73 Å². The normalized spacial score (nSPS) is 13.7. The summed E-state index contributed by atoms with van der Waals surface area (Å²) in [7, 11) is 1.92. The van der Waals surface area contributed by atoms with Gasteiger partial charge in [-0.05, 0) is 21.8 Å². The molecule has 1 heterocycles. The van der Waals surface area contributed by atoms with Crippen LogP contribution in [0.2, 0.25) is 0 Å². The molecule has 13 heavy (non-hydrogen) atoms. The highest BCUT2D eigenvalue weighted by molar-refractivity contribution is 9.10. The first kappa shape index (κ1) is 10.7. The molecule has 0 aliphatic carbocycles. The molecule has 0 radical (unpaired) electrons. The van der Waals surface area contributed by atoms with Gasteiger partial charge in [-0.2, -0.15) is 5.10 Å². The van der Waals surface area contributed by atoms with E-state index >= 15 is 0 Å². The standard InChI is InChI=1S/C9H16BrN3/c1-6(2)7(4-11)9-8(10)5-13(3)12-9/h5-7H,4,11H2,1-3H3. The third kappa shape index (κ3) is 2.31. The van der Waals surface area contributed by atoms with E-state index in [1.165, 1.54) is 0 Å². The number of hydrogen-bond donors (Lipinski definition) is 1. The summed E-state index contributed by atoms with van der Waals surface area (Å²) < 4.78 is 2.86. The second-order valence-electron chi connectivity index (χ2n) is 3.62. The van der Waals surface area contributed by atoms with Gasteiger partial charge in [0.1, 0.15) is 0 Å². The quantitative estimate of drug-likeness (QED) is 0.884.